The normalized spacial score (nSPS) is 10.2. The van der Waals surface area contributed by atoms with Crippen molar-refractivity contribution in [2.45, 2.75) is 19.8 Å². The number of rotatable bonds is 2. The molecule has 0 heterocycles. The lowest BCUT2D eigenvalue weighted by Gasteiger charge is -2.05. The average molecular weight is 227 g/mol. The predicted octanol–water partition coefficient (Wildman–Crippen LogP) is 1.37. The summed E-state index contributed by atoms with van der Waals surface area (Å²) >= 11 is 3.32. The molecule has 0 unspecified atom stereocenters. The van der Waals surface area contributed by atoms with Crippen molar-refractivity contribution in [2.24, 2.45) is 0 Å². The monoisotopic (exact) mass is 226 g/mol. The highest BCUT2D eigenvalue weighted by Gasteiger charge is 2.02. The summed E-state index contributed by atoms with van der Waals surface area (Å²) in [5.41, 5.74) is 2.22. The molecule has 1 N–H and O–H groups in total. The molecule has 0 radical (unpaired) electrons. The van der Waals surface area contributed by atoms with E-state index in [0.29, 0.717) is 5.75 Å². The highest BCUT2D eigenvalue weighted by molar-refractivity contribution is 9.10. The fraction of sp³-hybridized carbons (Fsp3) is 0.333. The summed E-state index contributed by atoms with van der Waals surface area (Å²) in [4.78, 5) is 0. The fourth-order valence-corrected chi connectivity index (χ4v) is 1.85. The Morgan fingerprint density at radius 3 is 2.67 bits per heavy atom. The smallest absolute Gasteiger partial charge is 0.144 e. The Labute approximate surface area is 82.3 Å². The minimum absolute atomic E-state index is 0.356. The molecule has 1 nitrogen and oxygen atoms in total. The van der Waals surface area contributed by atoms with E-state index in [4.69, 9.17) is 0 Å². The molecule has 0 saturated carbocycles. The molecule has 0 bridgehead atoms. The van der Waals surface area contributed by atoms with Crippen LogP contribution in [-0.4, -0.2) is 13.0 Å². The summed E-state index contributed by atoms with van der Waals surface area (Å²) < 4.78 is 0.797. The third-order valence-electron chi connectivity index (χ3n) is 1.85. The van der Waals surface area contributed by atoms with Crippen LogP contribution in [0.2, 0.25) is 0 Å². The van der Waals surface area contributed by atoms with Gasteiger partial charge < -0.3 is 5.11 Å². The topological polar surface area (TPSA) is 20.2 Å². The first-order valence-electron chi connectivity index (χ1n) is 4.13. The Morgan fingerprint density at radius 2 is 2.17 bits per heavy atom. The van der Waals surface area contributed by atoms with E-state index in [-0.39, 0.29) is 0 Å². The standard InChI is InChI=1S/C9H12BBrO/c1-2-3-6-4-7(10)9(12)8(11)5-6/h4-5,12H,2-3,10H2,1H3. The van der Waals surface area contributed by atoms with Gasteiger partial charge in [0.25, 0.3) is 0 Å². The first-order chi connectivity index (χ1) is 5.65. The van der Waals surface area contributed by atoms with Gasteiger partial charge in [0.2, 0.25) is 0 Å². The molecule has 0 spiro atoms. The third-order valence-corrected chi connectivity index (χ3v) is 2.46. The molecule has 0 fully saturated rings. The van der Waals surface area contributed by atoms with Crippen LogP contribution in [0.1, 0.15) is 18.9 Å². The number of halogens is 1. The molecule has 3 heteroatoms. The van der Waals surface area contributed by atoms with Gasteiger partial charge in [0, 0.05) is 0 Å². The predicted molar refractivity (Wildman–Crippen MR) is 58.0 cm³/mol. The molecule has 0 aliphatic carbocycles. The molecule has 0 atom stereocenters. The maximum absolute atomic E-state index is 9.45. The zero-order valence-corrected chi connectivity index (χ0v) is 8.98. The van der Waals surface area contributed by atoms with Crippen LogP contribution in [0.3, 0.4) is 0 Å². The van der Waals surface area contributed by atoms with Crippen molar-refractivity contribution in [3.8, 4) is 5.75 Å². The van der Waals surface area contributed by atoms with Crippen molar-refractivity contribution < 1.29 is 5.11 Å². The van der Waals surface area contributed by atoms with Gasteiger partial charge >= 0.3 is 0 Å². The number of phenols is 1. The molecule has 0 aliphatic rings. The average Bonchev–Trinajstić information content (AvgIpc) is 2.01. The zero-order chi connectivity index (χ0) is 9.14. The van der Waals surface area contributed by atoms with Crippen molar-refractivity contribution in [1.82, 2.24) is 0 Å². The van der Waals surface area contributed by atoms with Gasteiger partial charge in [-0.1, -0.05) is 19.4 Å². The Morgan fingerprint density at radius 1 is 1.50 bits per heavy atom. The molecule has 1 rings (SSSR count). The lowest BCUT2D eigenvalue weighted by Crippen LogP contribution is -2.04. The molecule has 0 aliphatic heterocycles. The number of aromatic hydroxyl groups is 1. The van der Waals surface area contributed by atoms with Crippen LogP contribution in [-0.2, 0) is 6.42 Å². The summed E-state index contributed by atoms with van der Waals surface area (Å²) in [5.74, 6) is 0.356. The second-order valence-corrected chi connectivity index (χ2v) is 3.85. The minimum atomic E-state index is 0.356. The molecule has 1 aromatic rings. The largest absolute Gasteiger partial charge is 0.507 e. The highest BCUT2D eigenvalue weighted by Crippen LogP contribution is 2.22. The Balaban J connectivity index is 3.04. The molecule has 0 aromatic heterocycles. The van der Waals surface area contributed by atoms with Crippen molar-refractivity contribution in [2.75, 3.05) is 0 Å². The van der Waals surface area contributed by atoms with Gasteiger partial charge in [0.1, 0.15) is 13.6 Å². The van der Waals surface area contributed by atoms with Crippen molar-refractivity contribution in [3.05, 3.63) is 22.2 Å². The maximum Gasteiger partial charge on any atom is 0.144 e. The van der Waals surface area contributed by atoms with E-state index in [1.165, 1.54) is 5.56 Å². The van der Waals surface area contributed by atoms with Crippen LogP contribution >= 0.6 is 15.9 Å². The van der Waals surface area contributed by atoms with Crippen LogP contribution in [0.5, 0.6) is 5.75 Å². The van der Waals surface area contributed by atoms with Gasteiger partial charge in [-0.15, -0.1) is 0 Å². The Bertz CT molecular complexity index is 263. The number of phenolic OH excluding ortho intramolecular Hbond substituents is 1. The fourth-order valence-electron chi connectivity index (χ4n) is 1.24. The number of hydrogen-bond acceptors (Lipinski definition) is 1. The van der Waals surface area contributed by atoms with E-state index in [9.17, 15) is 5.11 Å². The third kappa shape index (κ3) is 2.04. The highest BCUT2D eigenvalue weighted by atomic mass is 79.9. The summed E-state index contributed by atoms with van der Waals surface area (Å²) in [7, 11) is 1.92. The number of benzene rings is 1. The molecule has 0 saturated heterocycles. The summed E-state index contributed by atoms with van der Waals surface area (Å²) in [6.45, 7) is 2.15. The lowest BCUT2D eigenvalue weighted by molar-refractivity contribution is 0.476. The van der Waals surface area contributed by atoms with E-state index in [1.54, 1.807) is 0 Å². The van der Waals surface area contributed by atoms with Crippen LogP contribution in [0.15, 0.2) is 16.6 Å². The van der Waals surface area contributed by atoms with E-state index >= 15 is 0 Å². The first-order valence-corrected chi connectivity index (χ1v) is 4.92. The van der Waals surface area contributed by atoms with Crippen LogP contribution in [0.25, 0.3) is 0 Å². The molecule has 0 amide bonds. The first kappa shape index (κ1) is 9.65. The van der Waals surface area contributed by atoms with Gasteiger partial charge in [-0.05, 0) is 39.4 Å². The quantitative estimate of drug-likeness (QED) is 0.756. The maximum atomic E-state index is 9.45. The van der Waals surface area contributed by atoms with Crippen LogP contribution < -0.4 is 5.46 Å². The van der Waals surface area contributed by atoms with Gasteiger partial charge in [-0.3, -0.25) is 0 Å². The van der Waals surface area contributed by atoms with E-state index in [0.717, 1.165) is 22.8 Å². The molecular formula is C9H12BBrO. The van der Waals surface area contributed by atoms with Gasteiger partial charge in [-0.2, -0.15) is 0 Å². The summed E-state index contributed by atoms with van der Waals surface area (Å²) in [6.07, 6.45) is 2.20. The van der Waals surface area contributed by atoms with E-state index in [2.05, 4.69) is 22.9 Å². The number of hydrogen-bond donors (Lipinski definition) is 1. The summed E-state index contributed by atoms with van der Waals surface area (Å²) in [6, 6.07) is 4.01. The second kappa shape index (κ2) is 3.99. The van der Waals surface area contributed by atoms with Crippen LogP contribution in [0.4, 0.5) is 0 Å². The molecule has 1 aromatic carbocycles. The van der Waals surface area contributed by atoms with Crippen molar-refractivity contribution >= 4 is 29.2 Å². The van der Waals surface area contributed by atoms with Gasteiger partial charge in [0.05, 0.1) is 4.47 Å². The Kier molecular flexibility index (Phi) is 3.21. The van der Waals surface area contributed by atoms with Crippen molar-refractivity contribution in [1.29, 1.82) is 0 Å². The van der Waals surface area contributed by atoms with Gasteiger partial charge in [0.15, 0.2) is 0 Å². The molecule has 12 heavy (non-hydrogen) atoms. The Hall–Kier alpha value is -0.435. The lowest BCUT2D eigenvalue weighted by atomic mass is 9.92. The molecular weight excluding hydrogens is 215 g/mol. The SMILES string of the molecule is Bc1cc(CCC)cc(Br)c1O. The van der Waals surface area contributed by atoms with Gasteiger partial charge in [-0.25, -0.2) is 0 Å². The summed E-state index contributed by atoms with van der Waals surface area (Å²) in [5, 5.41) is 9.45. The van der Waals surface area contributed by atoms with Crippen molar-refractivity contribution in [3.63, 3.8) is 0 Å². The zero-order valence-electron chi connectivity index (χ0n) is 7.39. The van der Waals surface area contributed by atoms with Crippen LogP contribution in [0, 0.1) is 0 Å². The number of aryl methyl sites for hydroxylation is 1. The second-order valence-electron chi connectivity index (χ2n) is 2.99. The van der Waals surface area contributed by atoms with E-state index < -0.39 is 0 Å². The molecule has 64 valence electrons. The minimum Gasteiger partial charge on any atom is -0.507 e. The van der Waals surface area contributed by atoms with E-state index in [1.807, 2.05) is 20.0 Å².